The first-order valence-electron chi connectivity index (χ1n) is 9.15. The second-order valence-electron chi connectivity index (χ2n) is 7.30. The maximum absolute atomic E-state index is 13.2. The molecule has 1 aliphatic carbocycles. The van der Waals surface area contributed by atoms with E-state index in [9.17, 15) is 9.59 Å². The van der Waals surface area contributed by atoms with Crippen molar-refractivity contribution in [2.75, 3.05) is 29.0 Å². The fourth-order valence-electron chi connectivity index (χ4n) is 3.95. The van der Waals surface area contributed by atoms with Crippen LogP contribution in [0.25, 0.3) is 0 Å². The van der Waals surface area contributed by atoms with Crippen LogP contribution < -0.4 is 16.0 Å². The number of fused-ring (bicyclic) bond motifs is 2. The number of carbonyl (C=O) groups is 2. The molecule has 1 aliphatic heterocycles. The number of hydrogen-bond donors (Lipinski definition) is 2. The van der Waals surface area contributed by atoms with Crippen LogP contribution in [-0.2, 0) is 0 Å². The van der Waals surface area contributed by atoms with Gasteiger partial charge in [-0.2, -0.15) is 0 Å². The highest BCUT2D eigenvalue weighted by atomic mass is 16.1. The summed E-state index contributed by atoms with van der Waals surface area (Å²) in [5, 5.41) is 3.35. The SMILES string of the molecule is CC(C)Nc1cc(N2CCCC2)c(N)c2c1C(=O)c1ccccc1C2=O. The van der Waals surface area contributed by atoms with Crippen molar-refractivity contribution < 1.29 is 9.59 Å². The predicted molar refractivity (Wildman–Crippen MR) is 104 cm³/mol. The van der Waals surface area contributed by atoms with Gasteiger partial charge in [0.05, 0.1) is 22.5 Å². The molecule has 2 aromatic carbocycles. The Labute approximate surface area is 153 Å². The zero-order valence-corrected chi connectivity index (χ0v) is 15.1. The third kappa shape index (κ3) is 2.46. The molecule has 0 spiro atoms. The van der Waals surface area contributed by atoms with E-state index in [0.29, 0.717) is 33.6 Å². The van der Waals surface area contributed by atoms with Gasteiger partial charge in [0.1, 0.15) is 0 Å². The summed E-state index contributed by atoms with van der Waals surface area (Å²) in [6.07, 6.45) is 2.22. The van der Waals surface area contributed by atoms with Crippen LogP contribution in [0.15, 0.2) is 30.3 Å². The highest BCUT2D eigenvalue weighted by molar-refractivity contribution is 6.32. The summed E-state index contributed by atoms with van der Waals surface area (Å²) >= 11 is 0. The summed E-state index contributed by atoms with van der Waals surface area (Å²) in [5.41, 5.74) is 10.1. The van der Waals surface area contributed by atoms with Crippen LogP contribution in [-0.4, -0.2) is 30.7 Å². The molecule has 0 bridgehead atoms. The zero-order valence-electron chi connectivity index (χ0n) is 15.1. The first-order valence-corrected chi connectivity index (χ1v) is 9.15. The van der Waals surface area contributed by atoms with Crippen LogP contribution in [0.2, 0.25) is 0 Å². The Balaban J connectivity index is 1.98. The molecule has 5 nitrogen and oxygen atoms in total. The van der Waals surface area contributed by atoms with Crippen molar-refractivity contribution in [1.29, 1.82) is 0 Å². The number of anilines is 3. The fraction of sp³-hybridized carbons (Fsp3) is 0.333. The van der Waals surface area contributed by atoms with Crippen LogP contribution in [0.3, 0.4) is 0 Å². The number of ketones is 2. The molecule has 3 N–H and O–H groups in total. The molecule has 0 amide bonds. The van der Waals surface area contributed by atoms with Gasteiger partial charge in [-0.1, -0.05) is 24.3 Å². The summed E-state index contributed by atoms with van der Waals surface area (Å²) in [6.45, 7) is 5.87. The summed E-state index contributed by atoms with van der Waals surface area (Å²) in [6, 6.07) is 9.06. The van der Waals surface area contributed by atoms with Crippen LogP contribution in [0.1, 0.15) is 58.5 Å². The molecule has 0 saturated carbocycles. The molecule has 134 valence electrons. The maximum Gasteiger partial charge on any atom is 0.196 e. The zero-order chi connectivity index (χ0) is 18.4. The molecule has 1 heterocycles. The minimum absolute atomic E-state index is 0.134. The number of nitrogens with zero attached hydrogens (tertiary/aromatic N) is 1. The fourth-order valence-corrected chi connectivity index (χ4v) is 3.95. The van der Waals surface area contributed by atoms with Gasteiger partial charge in [-0.25, -0.2) is 0 Å². The van der Waals surface area contributed by atoms with Crippen LogP contribution in [0, 0.1) is 0 Å². The van der Waals surface area contributed by atoms with Crippen molar-refractivity contribution in [3.8, 4) is 0 Å². The van der Waals surface area contributed by atoms with Crippen molar-refractivity contribution >= 4 is 28.6 Å². The summed E-state index contributed by atoms with van der Waals surface area (Å²) in [4.78, 5) is 28.6. The Bertz CT molecular complexity index is 912. The molecule has 0 unspecified atom stereocenters. The van der Waals surface area contributed by atoms with Crippen LogP contribution in [0.4, 0.5) is 17.1 Å². The average molecular weight is 349 g/mol. The van der Waals surface area contributed by atoms with Gasteiger partial charge in [0.25, 0.3) is 0 Å². The number of nitrogens with two attached hydrogens (primary N) is 1. The van der Waals surface area contributed by atoms with Gasteiger partial charge in [-0.3, -0.25) is 9.59 Å². The minimum atomic E-state index is -0.166. The average Bonchev–Trinajstić information content (AvgIpc) is 3.14. The molecule has 1 saturated heterocycles. The van der Waals surface area contributed by atoms with Gasteiger partial charge in [-0.05, 0) is 32.8 Å². The molecule has 0 aromatic heterocycles. The summed E-state index contributed by atoms with van der Waals surface area (Å²) < 4.78 is 0. The minimum Gasteiger partial charge on any atom is -0.396 e. The molecule has 5 heteroatoms. The lowest BCUT2D eigenvalue weighted by Crippen LogP contribution is -2.28. The lowest BCUT2D eigenvalue weighted by Gasteiger charge is -2.28. The first-order chi connectivity index (χ1) is 12.5. The van der Waals surface area contributed by atoms with Gasteiger partial charge in [0.15, 0.2) is 11.6 Å². The number of carbonyl (C=O) groups excluding carboxylic acids is 2. The van der Waals surface area contributed by atoms with Crippen LogP contribution in [0.5, 0.6) is 0 Å². The third-order valence-electron chi connectivity index (χ3n) is 5.11. The van der Waals surface area contributed by atoms with Gasteiger partial charge in [0.2, 0.25) is 0 Å². The monoisotopic (exact) mass is 349 g/mol. The third-order valence-corrected chi connectivity index (χ3v) is 5.11. The van der Waals surface area contributed by atoms with E-state index in [1.54, 1.807) is 24.3 Å². The number of benzene rings is 2. The van der Waals surface area contributed by atoms with Crippen LogP contribution >= 0.6 is 0 Å². The van der Waals surface area contributed by atoms with E-state index in [1.165, 1.54) is 0 Å². The number of hydrogen-bond acceptors (Lipinski definition) is 5. The molecule has 1 fully saturated rings. The Kier molecular flexibility index (Phi) is 3.94. The number of rotatable bonds is 3. The molecule has 26 heavy (non-hydrogen) atoms. The van der Waals surface area contributed by atoms with Gasteiger partial charge in [0, 0.05) is 35.9 Å². The molecule has 4 rings (SSSR count). The molecular formula is C21H23N3O2. The quantitative estimate of drug-likeness (QED) is 0.708. The second kappa shape index (κ2) is 6.16. The number of nitrogen functional groups attached to an aromatic ring is 1. The van der Waals surface area contributed by atoms with Crippen molar-refractivity contribution in [2.45, 2.75) is 32.7 Å². The first kappa shape index (κ1) is 16.6. The van der Waals surface area contributed by atoms with E-state index in [0.717, 1.165) is 31.6 Å². The van der Waals surface area contributed by atoms with Gasteiger partial charge in [-0.15, -0.1) is 0 Å². The van der Waals surface area contributed by atoms with Crippen molar-refractivity contribution in [3.05, 3.63) is 52.6 Å². The van der Waals surface area contributed by atoms with Crippen molar-refractivity contribution in [3.63, 3.8) is 0 Å². The summed E-state index contributed by atoms with van der Waals surface area (Å²) in [7, 11) is 0. The predicted octanol–water partition coefficient (Wildman–Crippen LogP) is 3.46. The largest absolute Gasteiger partial charge is 0.396 e. The maximum atomic E-state index is 13.2. The van der Waals surface area contributed by atoms with E-state index in [1.807, 2.05) is 19.9 Å². The van der Waals surface area contributed by atoms with Crippen molar-refractivity contribution in [2.24, 2.45) is 0 Å². The smallest absolute Gasteiger partial charge is 0.196 e. The molecular weight excluding hydrogens is 326 g/mol. The highest BCUT2D eigenvalue weighted by Gasteiger charge is 2.35. The van der Waals surface area contributed by atoms with E-state index in [4.69, 9.17) is 5.73 Å². The second-order valence-corrected chi connectivity index (χ2v) is 7.30. The van der Waals surface area contributed by atoms with E-state index in [-0.39, 0.29) is 17.6 Å². The number of nitrogens with one attached hydrogen (secondary N) is 1. The lowest BCUT2D eigenvalue weighted by molar-refractivity contribution is 0.0980. The van der Waals surface area contributed by atoms with Gasteiger partial charge < -0.3 is 16.0 Å². The standard InChI is InChI=1S/C21H23N3O2/c1-12(2)23-15-11-16(24-9-5-6-10-24)19(22)18-17(15)20(25)13-7-3-4-8-14(13)21(18)26/h3-4,7-8,11-12,23H,5-6,9-10,22H2,1-2H3. The topological polar surface area (TPSA) is 75.4 Å². The highest BCUT2D eigenvalue weighted by Crippen LogP contribution is 2.41. The normalized spacial score (nSPS) is 16.0. The Morgan fingerprint density at radius 1 is 1.00 bits per heavy atom. The van der Waals surface area contributed by atoms with E-state index < -0.39 is 0 Å². The molecule has 2 aliphatic rings. The Morgan fingerprint density at radius 2 is 1.58 bits per heavy atom. The lowest BCUT2D eigenvalue weighted by atomic mass is 9.81. The summed E-state index contributed by atoms with van der Waals surface area (Å²) in [5.74, 6) is -0.307. The molecule has 0 radical (unpaired) electrons. The Hall–Kier alpha value is -2.82. The van der Waals surface area contributed by atoms with Crippen molar-refractivity contribution in [1.82, 2.24) is 0 Å². The molecule has 2 aromatic rings. The van der Waals surface area contributed by atoms with Gasteiger partial charge >= 0.3 is 0 Å². The Morgan fingerprint density at radius 3 is 2.15 bits per heavy atom. The van der Waals surface area contributed by atoms with E-state index >= 15 is 0 Å². The molecule has 0 atom stereocenters. The van der Waals surface area contributed by atoms with E-state index in [2.05, 4.69) is 10.2 Å².